The van der Waals surface area contributed by atoms with Crippen molar-refractivity contribution in [2.45, 2.75) is 17.4 Å². The molecule has 0 unspecified atom stereocenters. The van der Waals surface area contributed by atoms with Gasteiger partial charge in [-0.2, -0.15) is 4.31 Å². The number of hydrogen-bond donors (Lipinski definition) is 1. The molecule has 1 aromatic heterocycles. The molecule has 0 amide bonds. The van der Waals surface area contributed by atoms with E-state index in [1.54, 1.807) is 0 Å². The van der Waals surface area contributed by atoms with E-state index < -0.39 is 33.5 Å². The highest BCUT2D eigenvalue weighted by molar-refractivity contribution is 7.89. The molecular weight excluding hydrogens is 353 g/mol. The predicted molar refractivity (Wildman–Crippen MR) is 83.2 cm³/mol. The van der Waals surface area contributed by atoms with E-state index in [-0.39, 0.29) is 18.0 Å². The van der Waals surface area contributed by atoms with E-state index in [9.17, 15) is 17.6 Å². The minimum atomic E-state index is -3.95. The van der Waals surface area contributed by atoms with E-state index in [0.717, 1.165) is 18.2 Å². The van der Waals surface area contributed by atoms with Crippen LogP contribution in [-0.2, 0) is 10.0 Å². The molecule has 1 aliphatic heterocycles. The molecule has 1 fully saturated rings. The summed E-state index contributed by atoms with van der Waals surface area (Å²) < 4.78 is 45.5. The normalized spacial score (nSPS) is 18.2. The zero-order valence-corrected chi connectivity index (χ0v) is 13.7. The maximum Gasteiger partial charge on any atom is 0.338 e. The molecule has 1 atom stereocenters. The van der Waals surface area contributed by atoms with Gasteiger partial charge in [-0.1, -0.05) is 0 Å². The van der Waals surface area contributed by atoms with Crippen LogP contribution in [0, 0.1) is 5.82 Å². The Balaban J connectivity index is 1.77. The number of aromatic nitrogens is 2. The quantitative estimate of drug-likeness (QED) is 0.844. The van der Waals surface area contributed by atoms with Crippen LogP contribution in [0.1, 0.15) is 16.8 Å². The smallest absolute Gasteiger partial charge is 0.338 e. The minimum Gasteiger partial charge on any atom is -0.478 e. The summed E-state index contributed by atoms with van der Waals surface area (Å²) in [5, 5.41) is 8.95. The molecule has 1 aliphatic rings. The van der Waals surface area contributed by atoms with Gasteiger partial charge in [0.15, 0.2) is 0 Å². The Kier molecular flexibility index (Phi) is 4.64. The van der Waals surface area contributed by atoms with E-state index in [1.165, 1.54) is 22.9 Å². The summed E-state index contributed by atoms with van der Waals surface area (Å²) in [5.74, 6) is -2.22. The molecule has 10 heteroatoms. The van der Waals surface area contributed by atoms with Crippen molar-refractivity contribution in [1.82, 2.24) is 14.3 Å². The fraction of sp³-hybridized carbons (Fsp3) is 0.267. The Bertz CT molecular complexity index is 891. The molecule has 25 heavy (non-hydrogen) atoms. The van der Waals surface area contributed by atoms with E-state index in [2.05, 4.69) is 9.97 Å². The van der Waals surface area contributed by atoms with Crippen molar-refractivity contribution in [1.29, 1.82) is 0 Å². The van der Waals surface area contributed by atoms with Crippen LogP contribution in [0.3, 0.4) is 0 Å². The first-order valence-electron chi connectivity index (χ1n) is 7.33. The first-order valence-corrected chi connectivity index (χ1v) is 8.77. The molecule has 0 radical (unpaired) electrons. The van der Waals surface area contributed by atoms with Crippen LogP contribution in [0.2, 0.25) is 0 Å². The molecule has 0 aliphatic carbocycles. The maximum atomic E-state index is 13.5. The predicted octanol–water partition coefficient (Wildman–Crippen LogP) is 1.16. The summed E-state index contributed by atoms with van der Waals surface area (Å²) in [5.41, 5.74) is -0.687. The molecule has 1 N–H and O–H groups in total. The lowest BCUT2D eigenvalue weighted by Gasteiger charge is -2.17. The summed E-state index contributed by atoms with van der Waals surface area (Å²) in [6.45, 7) is 0.283. The number of aromatic carboxylic acids is 1. The number of carbonyl (C=O) groups is 1. The molecule has 1 aromatic carbocycles. The summed E-state index contributed by atoms with van der Waals surface area (Å²) in [6.07, 6.45) is 4.43. The van der Waals surface area contributed by atoms with Gasteiger partial charge in [-0.25, -0.2) is 22.6 Å². The van der Waals surface area contributed by atoms with Crippen LogP contribution in [0.25, 0.3) is 0 Å². The van der Waals surface area contributed by atoms with Gasteiger partial charge in [0.1, 0.15) is 11.9 Å². The van der Waals surface area contributed by atoms with Gasteiger partial charge in [-0.3, -0.25) is 4.98 Å². The maximum absolute atomic E-state index is 13.5. The third kappa shape index (κ3) is 3.59. The molecule has 3 rings (SSSR count). The highest BCUT2D eigenvalue weighted by Crippen LogP contribution is 2.24. The van der Waals surface area contributed by atoms with Crippen molar-refractivity contribution in [3.05, 3.63) is 48.2 Å². The Morgan fingerprint density at radius 1 is 1.36 bits per heavy atom. The number of benzene rings is 1. The molecule has 2 heterocycles. The van der Waals surface area contributed by atoms with Gasteiger partial charge < -0.3 is 9.84 Å². The molecule has 8 nitrogen and oxygen atoms in total. The summed E-state index contributed by atoms with van der Waals surface area (Å²) in [4.78, 5) is 18.6. The summed E-state index contributed by atoms with van der Waals surface area (Å²) in [7, 11) is -3.95. The highest BCUT2D eigenvalue weighted by atomic mass is 32.2. The standard InChI is InChI=1S/C15H14FN3O5S/c16-13-2-1-11(7-12(13)15(20)21)25(22,23)19-6-3-10(9-19)24-14-8-17-4-5-18-14/h1-2,4-5,7-8,10H,3,6,9H2,(H,20,21)/t10-/m1/s1. The summed E-state index contributed by atoms with van der Waals surface area (Å²) >= 11 is 0. The third-order valence-electron chi connectivity index (χ3n) is 3.74. The molecule has 1 saturated heterocycles. The van der Waals surface area contributed by atoms with Gasteiger partial charge in [0, 0.05) is 18.9 Å². The van der Waals surface area contributed by atoms with E-state index in [0.29, 0.717) is 12.3 Å². The number of carboxylic acid groups (broad SMARTS) is 1. The summed E-state index contributed by atoms with van der Waals surface area (Å²) in [6, 6.07) is 2.71. The zero-order valence-electron chi connectivity index (χ0n) is 12.9. The zero-order chi connectivity index (χ0) is 18.0. The van der Waals surface area contributed by atoms with Crippen molar-refractivity contribution in [2.24, 2.45) is 0 Å². The lowest BCUT2D eigenvalue weighted by Crippen LogP contribution is -2.31. The van der Waals surface area contributed by atoms with Crippen LogP contribution < -0.4 is 4.74 Å². The number of ether oxygens (including phenoxy) is 1. The van der Waals surface area contributed by atoms with Crippen molar-refractivity contribution in [2.75, 3.05) is 13.1 Å². The van der Waals surface area contributed by atoms with E-state index >= 15 is 0 Å². The molecule has 0 spiro atoms. The largest absolute Gasteiger partial charge is 0.478 e. The molecule has 0 saturated carbocycles. The SMILES string of the molecule is O=C(O)c1cc(S(=O)(=O)N2CC[C@@H](Oc3cnccn3)C2)ccc1F. The van der Waals surface area contributed by atoms with Gasteiger partial charge in [0.25, 0.3) is 0 Å². The first-order chi connectivity index (χ1) is 11.9. The van der Waals surface area contributed by atoms with Crippen molar-refractivity contribution < 1.29 is 27.4 Å². The van der Waals surface area contributed by atoms with E-state index in [4.69, 9.17) is 9.84 Å². The van der Waals surface area contributed by atoms with Gasteiger partial charge >= 0.3 is 5.97 Å². The topological polar surface area (TPSA) is 110 Å². The van der Waals surface area contributed by atoms with Crippen LogP contribution in [0.15, 0.2) is 41.7 Å². The third-order valence-corrected chi connectivity index (χ3v) is 5.60. The van der Waals surface area contributed by atoms with Gasteiger partial charge in [0.05, 0.1) is 23.2 Å². The van der Waals surface area contributed by atoms with Crippen molar-refractivity contribution >= 4 is 16.0 Å². The fourth-order valence-electron chi connectivity index (χ4n) is 2.51. The van der Waals surface area contributed by atoms with Crippen LogP contribution in [-0.4, -0.2) is 53.0 Å². The number of halogens is 1. The Hall–Kier alpha value is -2.59. The van der Waals surface area contributed by atoms with E-state index in [1.807, 2.05) is 0 Å². The monoisotopic (exact) mass is 367 g/mol. The fourth-order valence-corrected chi connectivity index (χ4v) is 4.02. The highest BCUT2D eigenvalue weighted by Gasteiger charge is 2.34. The van der Waals surface area contributed by atoms with Crippen molar-refractivity contribution in [3.63, 3.8) is 0 Å². The second-order valence-electron chi connectivity index (χ2n) is 5.38. The number of hydrogen-bond acceptors (Lipinski definition) is 6. The molecule has 0 bridgehead atoms. The second kappa shape index (κ2) is 6.73. The molecule has 2 aromatic rings. The van der Waals surface area contributed by atoms with Crippen molar-refractivity contribution in [3.8, 4) is 5.88 Å². The van der Waals surface area contributed by atoms with Gasteiger partial charge in [-0.15, -0.1) is 0 Å². The molecular formula is C15H14FN3O5S. The van der Waals surface area contributed by atoms with Crippen LogP contribution in [0.5, 0.6) is 5.88 Å². The molecule has 132 valence electrons. The Morgan fingerprint density at radius 3 is 2.84 bits per heavy atom. The second-order valence-corrected chi connectivity index (χ2v) is 7.32. The number of carboxylic acids is 1. The Labute approximate surface area is 143 Å². The lowest BCUT2D eigenvalue weighted by molar-refractivity contribution is 0.0691. The van der Waals surface area contributed by atoms with Gasteiger partial charge in [0.2, 0.25) is 15.9 Å². The number of rotatable bonds is 5. The first kappa shape index (κ1) is 17.2. The average molecular weight is 367 g/mol. The van der Waals surface area contributed by atoms with Crippen LogP contribution >= 0.6 is 0 Å². The number of nitrogens with zero attached hydrogens (tertiary/aromatic N) is 3. The van der Waals surface area contributed by atoms with Crippen LogP contribution in [0.4, 0.5) is 4.39 Å². The minimum absolute atomic E-state index is 0.0820. The number of sulfonamides is 1. The Morgan fingerprint density at radius 2 is 2.16 bits per heavy atom. The lowest BCUT2D eigenvalue weighted by atomic mass is 10.2. The van der Waals surface area contributed by atoms with Gasteiger partial charge in [-0.05, 0) is 24.6 Å². The average Bonchev–Trinajstić information content (AvgIpc) is 3.05.